The lowest BCUT2D eigenvalue weighted by Crippen LogP contribution is -2.22. The first-order chi connectivity index (χ1) is 8.42. The van der Waals surface area contributed by atoms with Crippen LogP contribution in [0.5, 0.6) is 0 Å². The van der Waals surface area contributed by atoms with E-state index in [1.807, 2.05) is 0 Å². The Hall–Kier alpha value is -0.780. The van der Waals surface area contributed by atoms with Gasteiger partial charge in [0.2, 0.25) is 0 Å². The Balaban J connectivity index is 2.57. The van der Waals surface area contributed by atoms with Crippen molar-refractivity contribution in [1.82, 2.24) is 5.32 Å². The lowest BCUT2D eigenvalue weighted by Gasteiger charge is -2.18. The smallest absolute Gasteiger partial charge is 0.372 e. The highest BCUT2D eigenvalue weighted by Crippen LogP contribution is 2.23. The number of hydrogen-bond donors (Lipinski definition) is 1. The maximum atomic E-state index is 12.0. The first-order valence-corrected chi connectivity index (χ1v) is 5.88. The topological polar surface area (TPSA) is 21.3 Å². The Labute approximate surface area is 109 Å². The second-order valence-electron chi connectivity index (χ2n) is 3.83. The van der Waals surface area contributed by atoms with Crippen LogP contribution in [0.1, 0.15) is 18.1 Å². The molecular weight excluding hydrogens is 267 g/mol. The van der Waals surface area contributed by atoms with Crippen molar-refractivity contribution in [2.75, 3.05) is 20.2 Å². The third kappa shape index (κ3) is 5.71. The van der Waals surface area contributed by atoms with E-state index >= 15 is 0 Å². The summed E-state index contributed by atoms with van der Waals surface area (Å²) in [5.41, 5.74) is 0.802. The van der Waals surface area contributed by atoms with Gasteiger partial charge in [0.05, 0.1) is 19.1 Å². The summed E-state index contributed by atoms with van der Waals surface area (Å²) in [5.74, 6) is 0. The van der Waals surface area contributed by atoms with Crippen LogP contribution in [0.2, 0.25) is 5.02 Å². The molecule has 0 spiro atoms. The molecule has 0 radical (unpaired) electrons. The van der Waals surface area contributed by atoms with Gasteiger partial charge in [-0.25, -0.2) is 0 Å². The van der Waals surface area contributed by atoms with Gasteiger partial charge in [-0.3, -0.25) is 0 Å². The molecule has 0 fully saturated rings. The summed E-state index contributed by atoms with van der Waals surface area (Å²) < 4.78 is 41.4. The molecule has 1 aromatic carbocycles. The van der Waals surface area contributed by atoms with Crippen molar-refractivity contribution in [3.05, 3.63) is 34.9 Å². The van der Waals surface area contributed by atoms with E-state index in [4.69, 9.17) is 16.3 Å². The summed E-state index contributed by atoms with van der Waals surface area (Å²) >= 11 is 5.75. The molecule has 0 aliphatic heterocycles. The minimum atomic E-state index is -4.19. The van der Waals surface area contributed by atoms with Crippen LogP contribution in [0.25, 0.3) is 0 Å². The predicted molar refractivity (Wildman–Crippen MR) is 64.7 cm³/mol. The van der Waals surface area contributed by atoms with E-state index in [1.54, 1.807) is 31.3 Å². The Morgan fingerprint density at radius 1 is 1.28 bits per heavy atom. The van der Waals surface area contributed by atoms with Crippen LogP contribution in [0.4, 0.5) is 13.2 Å². The zero-order chi connectivity index (χ0) is 13.6. The average Bonchev–Trinajstić information content (AvgIpc) is 2.27. The maximum absolute atomic E-state index is 12.0. The number of hydrogen-bond acceptors (Lipinski definition) is 2. The molecule has 1 unspecified atom stereocenters. The van der Waals surface area contributed by atoms with Gasteiger partial charge < -0.3 is 10.1 Å². The van der Waals surface area contributed by atoms with Gasteiger partial charge in [0.25, 0.3) is 0 Å². The SMILES string of the molecule is CNCC(OCCC(F)(F)F)c1ccc(Cl)cc1. The molecule has 0 saturated carbocycles. The molecule has 0 amide bonds. The number of halogens is 4. The zero-order valence-electron chi connectivity index (χ0n) is 9.93. The van der Waals surface area contributed by atoms with Crippen LogP contribution in [0, 0.1) is 0 Å². The van der Waals surface area contributed by atoms with E-state index < -0.39 is 18.7 Å². The monoisotopic (exact) mass is 281 g/mol. The lowest BCUT2D eigenvalue weighted by molar-refractivity contribution is -0.149. The van der Waals surface area contributed by atoms with Gasteiger partial charge in [-0.15, -0.1) is 0 Å². The van der Waals surface area contributed by atoms with Crippen molar-refractivity contribution in [1.29, 1.82) is 0 Å². The van der Waals surface area contributed by atoms with Crippen molar-refractivity contribution in [3.8, 4) is 0 Å². The third-order valence-corrected chi connectivity index (χ3v) is 2.59. The first-order valence-electron chi connectivity index (χ1n) is 5.51. The van der Waals surface area contributed by atoms with Crippen molar-refractivity contribution >= 4 is 11.6 Å². The standard InChI is InChI=1S/C12H15ClF3NO/c1-17-8-11(18-7-6-12(14,15)16)9-2-4-10(13)5-3-9/h2-5,11,17H,6-8H2,1H3. The molecule has 0 aliphatic carbocycles. The molecule has 2 nitrogen and oxygen atoms in total. The molecule has 1 aromatic rings. The molecular formula is C12H15ClF3NO. The Bertz CT molecular complexity index is 353. The predicted octanol–water partition coefficient (Wildman–Crippen LogP) is 3.57. The van der Waals surface area contributed by atoms with Crippen LogP contribution in [0.3, 0.4) is 0 Å². The number of likely N-dealkylation sites (N-methyl/N-ethyl adjacent to an activating group) is 1. The molecule has 102 valence electrons. The minimum absolute atomic E-state index is 0.349. The molecule has 1 N–H and O–H groups in total. The summed E-state index contributed by atoms with van der Waals surface area (Å²) in [6, 6.07) is 6.87. The van der Waals surface area contributed by atoms with Gasteiger partial charge in [0, 0.05) is 11.6 Å². The summed E-state index contributed by atoms with van der Waals surface area (Å²) in [6.45, 7) is 0.0952. The van der Waals surface area contributed by atoms with Gasteiger partial charge in [-0.2, -0.15) is 13.2 Å². The van der Waals surface area contributed by atoms with Crippen LogP contribution >= 0.6 is 11.6 Å². The average molecular weight is 282 g/mol. The van der Waals surface area contributed by atoms with Gasteiger partial charge in [-0.05, 0) is 24.7 Å². The minimum Gasteiger partial charge on any atom is -0.372 e. The molecule has 0 aliphatic rings. The molecule has 1 rings (SSSR count). The van der Waals surface area contributed by atoms with Gasteiger partial charge >= 0.3 is 6.18 Å². The molecule has 0 aromatic heterocycles. The summed E-state index contributed by atoms with van der Waals surface area (Å²) in [7, 11) is 1.72. The van der Waals surface area contributed by atoms with Gasteiger partial charge in [0.1, 0.15) is 0 Å². The van der Waals surface area contributed by atoms with E-state index in [1.165, 1.54) is 0 Å². The molecule has 0 bridgehead atoms. The maximum Gasteiger partial charge on any atom is 0.391 e. The fraction of sp³-hybridized carbons (Fsp3) is 0.500. The van der Waals surface area contributed by atoms with Crippen molar-refractivity contribution < 1.29 is 17.9 Å². The summed E-state index contributed by atoms with van der Waals surface area (Å²) in [6.07, 6.45) is -5.54. The molecule has 18 heavy (non-hydrogen) atoms. The number of nitrogens with one attached hydrogen (secondary N) is 1. The highest BCUT2D eigenvalue weighted by atomic mass is 35.5. The summed E-state index contributed by atoms with van der Waals surface area (Å²) in [4.78, 5) is 0. The second-order valence-corrected chi connectivity index (χ2v) is 4.27. The van der Waals surface area contributed by atoms with E-state index in [9.17, 15) is 13.2 Å². The van der Waals surface area contributed by atoms with E-state index in [0.29, 0.717) is 11.6 Å². The van der Waals surface area contributed by atoms with E-state index in [0.717, 1.165) is 5.56 Å². The normalized spacial score (nSPS) is 13.6. The fourth-order valence-electron chi connectivity index (χ4n) is 1.45. The molecule has 6 heteroatoms. The molecule has 1 atom stereocenters. The van der Waals surface area contributed by atoms with Gasteiger partial charge in [0.15, 0.2) is 0 Å². The zero-order valence-corrected chi connectivity index (χ0v) is 10.7. The van der Waals surface area contributed by atoms with Crippen LogP contribution in [-0.4, -0.2) is 26.4 Å². The quantitative estimate of drug-likeness (QED) is 0.861. The highest BCUT2D eigenvalue weighted by Gasteiger charge is 2.27. The Morgan fingerprint density at radius 3 is 2.39 bits per heavy atom. The first kappa shape index (κ1) is 15.3. The number of benzene rings is 1. The van der Waals surface area contributed by atoms with E-state index in [2.05, 4.69) is 5.32 Å². The largest absolute Gasteiger partial charge is 0.391 e. The summed E-state index contributed by atoms with van der Waals surface area (Å²) in [5, 5.41) is 3.47. The van der Waals surface area contributed by atoms with Crippen molar-refractivity contribution in [2.24, 2.45) is 0 Å². The number of alkyl halides is 3. The third-order valence-electron chi connectivity index (χ3n) is 2.34. The molecule has 0 saturated heterocycles. The van der Waals surface area contributed by atoms with Gasteiger partial charge in [-0.1, -0.05) is 23.7 Å². The Kier molecular flexibility index (Phi) is 5.91. The number of rotatable bonds is 6. The number of ether oxygens (including phenoxy) is 1. The van der Waals surface area contributed by atoms with Crippen LogP contribution in [-0.2, 0) is 4.74 Å². The lowest BCUT2D eigenvalue weighted by atomic mass is 10.1. The van der Waals surface area contributed by atoms with E-state index in [-0.39, 0.29) is 6.61 Å². The van der Waals surface area contributed by atoms with Crippen molar-refractivity contribution in [2.45, 2.75) is 18.7 Å². The second kappa shape index (κ2) is 6.97. The highest BCUT2D eigenvalue weighted by molar-refractivity contribution is 6.30. The Morgan fingerprint density at radius 2 is 1.89 bits per heavy atom. The van der Waals surface area contributed by atoms with Crippen LogP contribution < -0.4 is 5.32 Å². The fourth-order valence-corrected chi connectivity index (χ4v) is 1.58. The van der Waals surface area contributed by atoms with Crippen LogP contribution in [0.15, 0.2) is 24.3 Å². The van der Waals surface area contributed by atoms with Crippen molar-refractivity contribution in [3.63, 3.8) is 0 Å². The molecule has 0 heterocycles.